The van der Waals surface area contributed by atoms with E-state index < -0.39 is 0 Å². The first-order valence-corrected chi connectivity index (χ1v) is 5.61. The zero-order chi connectivity index (χ0) is 13.0. The van der Waals surface area contributed by atoms with Gasteiger partial charge in [0.2, 0.25) is 0 Å². The van der Waals surface area contributed by atoms with Gasteiger partial charge >= 0.3 is 0 Å². The van der Waals surface area contributed by atoms with E-state index in [1.807, 2.05) is 0 Å². The minimum Gasteiger partial charge on any atom is -0.275 e. The Bertz CT molecular complexity index is 574. The molecule has 0 unspecified atom stereocenters. The smallest absolute Gasteiger partial charge is 0.275 e. The third kappa shape index (κ3) is 3.18. The van der Waals surface area contributed by atoms with Crippen LogP contribution in [0, 0.1) is 0 Å². The lowest BCUT2D eigenvalue weighted by Crippen LogP contribution is -2.18. The van der Waals surface area contributed by atoms with E-state index >= 15 is 0 Å². The summed E-state index contributed by atoms with van der Waals surface area (Å²) in [7, 11) is 1.74. The molecule has 1 aromatic carbocycles. The van der Waals surface area contributed by atoms with E-state index in [1.54, 1.807) is 48.3 Å². The van der Waals surface area contributed by atoms with E-state index in [1.165, 1.54) is 6.21 Å². The SMILES string of the molecule is Cn1ccc(C(=O)NN=Cc2ccc(Cl)cc2)n1. The van der Waals surface area contributed by atoms with Gasteiger partial charge in [0, 0.05) is 18.3 Å². The van der Waals surface area contributed by atoms with Crippen LogP contribution in [0.4, 0.5) is 0 Å². The summed E-state index contributed by atoms with van der Waals surface area (Å²) < 4.78 is 1.55. The number of carbonyl (C=O) groups is 1. The van der Waals surface area contributed by atoms with Gasteiger partial charge in [-0.2, -0.15) is 10.2 Å². The topological polar surface area (TPSA) is 59.3 Å². The molecular weight excluding hydrogens is 252 g/mol. The Morgan fingerprint density at radius 1 is 1.39 bits per heavy atom. The first kappa shape index (κ1) is 12.3. The van der Waals surface area contributed by atoms with E-state index in [9.17, 15) is 4.79 Å². The summed E-state index contributed by atoms with van der Waals surface area (Å²) in [5, 5.41) is 8.46. The van der Waals surface area contributed by atoms with E-state index in [-0.39, 0.29) is 5.91 Å². The number of aryl methyl sites for hydroxylation is 1. The van der Waals surface area contributed by atoms with Gasteiger partial charge in [-0.1, -0.05) is 23.7 Å². The second-order valence-corrected chi connectivity index (χ2v) is 4.06. The summed E-state index contributed by atoms with van der Waals surface area (Å²) in [4.78, 5) is 11.6. The van der Waals surface area contributed by atoms with Crippen molar-refractivity contribution in [1.82, 2.24) is 15.2 Å². The number of halogens is 1. The molecule has 1 amide bonds. The summed E-state index contributed by atoms with van der Waals surface area (Å²) >= 11 is 5.75. The van der Waals surface area contributed by atoms with Crippen LogP contribution in [0.15, 0.2) is 41.6 Å². The van der Waals surface area contributed by atoms with Gasteiger partial charge in [-0.15, -0.1) is 0 Å². The lowest BCUT2D eigenvalue weighted by molar-refractivity contribution is 0.0949. The van der Waals surface area contributed by atoms with E-state index in [0.717, 1.165) is 5.56 Å². The summed E-state index contributed by atoms with van der Waals surface area (Å²) in [5.74, 6) is -0.346. The van der Waals surface area contributed by atoms with E-state index in [2.05, 4.69) is 15.6 Å². The predicted molar refractivity (Wildman–Crippen MR) is 69.7 cm³/mol. The maximum absolute atomic E-state index is 11.6. The van der Waals surface area contributed by atoms with Crippen LogP contribution >= 0.6 is 11.6 Å². The van der Waals surface area contributed by atoms with Gasteiger partial charge in [-0.05, 0) is 23.8 Å². The van der Waals surface area contributed by atoms with Crippen LogP contribution in [-0.2, 0) is 7.05 Å². The summed E-state index contributed by atoms with van der Waals surface area (Å²) in [6, 6.07) is 8.73. The van der Waals surface area contributed by atoms with Crippen LogP contribution in [0.25, 0.3) is 0 Å². The summed E-state index contributed by atoms with van der Waals surface area (Å²) in [5.41, 5.74) is 3.57. The van der Waals surface area contributed by atoms with Crippen LogP contribution in [-0.4, -0.2) is 21.9 Å². The number of hydrazone groups is 1. The fourth-order valence-electron chi connectivity index (χ4n) is 1.31. The molecule has 5 nitrogen and oxygen atoms in total. The Kier molecular flexibility index (Phi) is 3.74. The van der Waals surface area contributed by atoms with Crippen molar-refractivity contribution in [3.05, 3.63) is 52.8 Å². The van der Waals surface area contributed by atoms with Crippen molar-refractivity contribution in [1.29, 1.82) is 0 Å². The molecule has 92 valence electrons. The van der Waals surface area contributed by atoms with Crippen molar-refractivity contribution in [3.63, 3.8) is 0 Å². The molecule has 1 N–H and O–H groups in total. The van der Waals surface area contributed by atoms with Gasteiger partial charge in [0.1, 0.15) is 0 Å². The number of rotatable bonds is 3. The van der Waals surface area contributed by atoms with Crippen molar-refractivity contribution in [2.24, 2.45) is 12.1 Å². The number of hydrogen-bond acceptors (Lipinski definition) is 3. The molecule has 1 aromatic heterocycles. The Balaban J connectivity index is 1.95. The maximum atomic E-state index is 11.6. The molecule has 0 spiro atoms. The molecule has 0 radical (unpaired) electrons. The zero-order valence-corrected chi connectivity index (χ0v) is 10.4. The molecule has 6 heteroatoms. The van der Waals surface area contributed by atoms with Gasteiger partial charge in [0.05, 0.1) is 6.21 Å². The van der Waals surface area contributed by atoms with Crippen molar-refractivity contribution >= 4 is 23.7 Å². The Hall–Kier alpha value is -2.14. The number of benzene rings is 1. The molecule has 2 rings (SSSR count). The third-order valence-electron chi connectivity index (χ3n) is 2.20. The van der Waals surface area contributed by atoms with Gasteiger partial charge in [0.15, 0.2) is 5.69 Å². The number of amides is 1. The zero-order valence-electron chi connectivity index (χ0n) is 9.67. The molecule has 0 aliphatic rings. The Morgan fingerprint density at radius 2 is 2.11 bits per heavy atom. The minimum atomic E-state index is -0.346. The van der Waals surface area contributed by atoms with Gasteiger partial charge < -0.3 is 0 Å². The molecule has 18 heavy (non-hydrogen) atoms. The maximum Gasteiger partial charge on any atom is 0.291 e. The molecule has 0 aliphatic carbocycles. The van der Waals surface area contributed by atoms with Gasteiger partial charge in [-0.3, -0.25) is 9.48 Å². The molecule has 0 aliphatic heterocycles. The molecule has 0 saturated carbocycles. The van der Waals surface area contributed by atoms with Gasteiger partial charge in [-0.25, -0.2) is 5.43 Å². The fraction of sp³-hybridized carbons (Fsp3) is 0.0833. The highest BCUT2D eigenvalue weighted by molar-refractivity contribution is 6.30. The van der Waals surface area contributed by atoms with Crippen LogP contribution in [0.2, 0.25) is 5.02 Å². The van der Waals surface area contributed by atoms with E-state index in [0.29, 0.717) is 10.7 Å². The van der Waals surface area contributed by atoms with Crippen molar-refractivity contribution in [2.45, 2.75) is 0 Å². The molecular formula is C12H11ClN4O. The fourth-order valence-corrected chi connectivity index (χ4v) is 1.43. The number of nitrogens with one attached hydrogen (secondary N) is 1. The van der Waals surface area contributed by atoms with E-state index in [4.69, 9.17) is 11.6 Å². The van der Waals surface area contributed by atoms with Crippen LogP contribution in [0.5, 0.6) is 0 Å². The van der Waals surface area contributed by atoms with Crippen molar-refractivity contribution < 1.29 is 4.79 Å². The highest BCUT2D eigenvalue weighted by Gasteiger charge is 2.06. The molecule has 1 heterocycles. The Labute approximate surface area is 109 Å². The first-order chi connectivity index (χ1) is 8.65. The molecule has 2 aromatic rings. The average Bonchev–Trinajstić information content (AvgIpc) is 2.78. The van der Waals surface area contributed by atoms with Crippen LogP contribution < -0.4 is 5.43 Å². The number of nitrogens with zero attached hydrogens (tertiary/aromatic N) is 3. The first-order valence-electron chi connectivity index (χ1n) is 5.24. The van der Waals surface area contributed by atoms with Crippen molar-refractivity contribution in [3.8, 4) is 0 Å². The highest BCUT2D eigenvalue weighted by Crippen LogP contribution is 2.07. The third-order valence-corrected chi connectivity index (χ3v) is 2.45. The average molecular weight is 263 g/mol. The second kappa shape index (κ2) is 5.46. The second-order valence-electron chi connectivity index (χ2n) is 3.63. The Morgan fingerprint density at radius 3 is 2.72 bits per heavy atom. The lowest BCUT2D eigenvalue weighted by Gasteiger charge is -1.96. The predicted octanol–water partition coefficient (Wildman–Crippen LogP) is 1.84. The monoisotopic (exact) mass is 262 g/mol. The van der Waals surface area contributed by atoms with Crippen molar-refractivity contribution in [2.75, 3.05) is 0 Å². The van der Waals surface area contributed by atoms with Gasteiger partial charge in [0.25, 0.3) is 5.91 Å². The number of hydrogen-bond donors (Lipinski definition) is 1. The molecule has 0 bridgehead atoms. The van der Waals surface area contributed by atoms with Crippen LogP contribution in [0.3, 0.4) is 0 Å². The molecule has 0 fully saturated rings. The summed E-state index contributed by atoms with van der Waals surface area (Å²) in [6.45, 7) is 0. The lowest BCUT2D eigenvalue weighted by atomic mass is 10.2. The minimum absolute atomic E-state index is 0.325. The number of carbonyl (C=O) groups excluding carboxylic acids is 1. The largest absolute Gasteiger partial charge is 0.291 e. The molecule has 0 saturated heterocycles. The quantitative estimate of drug-likeness (QED) is 0.678. The molecule has 0 atom stereocenters. The highest BCUT2D eigenvalue weighted by atomic mass is 35.5. The standard InChI is InChI=1S/C12H11ClN4O/c1-17-7-6-11(16-17)12(18)15-14-8-9-2-4-10(13)5-3-9/h2-8H,1H3,(H,15,18). The normalized spacial score (nSPS) is 10.8. The van der Waals surface area contributed by atoms with Crippen LogP contribution in [0.1, 0.15) is 16.1 Å². The summed E-state index contributed by atoms with van der Waals surface area (Å²) in [6.07, 6.45) is 3.23. The number of aromatic nitrogens is 2.